The molecule has 0 spiro atoms. The zero-order valence-electron chi connectivity index (χ0n) is 26.8. The fraction of sp³-hybridized carbons (Fsp3) is 0.257. The van der Waals surface area contributed by atoms with Crippen molar-refractivity contribution in [2.45, 2.75) is 46.9 Å². The quantitative estimate of drug-likeness (QED) is 0.161. The molecule has 0 unspecified atom stereocenters. The van der Waals surface area contributed by atoms with Crippen LogP contribution in [0, 0.1) is 19.7 Å². The van der Waals surface area contributed by atoms with Crippen LogP contribution in [0.4, 0.5) is 4.39 Å². The summed E-state index contributed by atoms with van der Waals surface area (Å²) in [7, 11) is 3.09. The van der Waals surface area contributed by atoms with Crippen LogP contribution < -0.4 is 19.5 Å². The van der Waals surface area contributed by atoms with Crippen molar-refractivity contribution >= 4 is 11.4 Å². The minimum absolute atomic E-state index is 0.0877. The molecular formula is C35H35FN6O5. The van der Waals surface area contributed by atoms with Gasteiger partial charge in [0.25, 0.3) is 5.91 Å². The molecule has 4 heterocycles. The van der Waals surface area contributed by atoms with Gasteiger partial charge in [-0.25, -0.2) is 9.37 Å². The van der Waals surface area contributed by atoms with Crippen molar-refractivity contribution < 1.29 is 27.8 Å². The summed E-state index contributed by atoms with van der Waals surface area (Å²) in [4.78, 5) is 22.7. The van der Waals surface area contributed by atoms with Crippen molar-refractivity contribution in [3.63, 3.8) is 0 Å². The maximum absolute atomic E-state index is 16.5. The first-order valence-electron chi connectivity index (χ1n) is 15.2. The van der Waals surface area contributed by atoms with Crippen LogP contribution in [0.5, 0.6) is 17.2 Å². The van der Waals surface area contributed by atoms with Crippen molar-refractivity contribution in [3.05, 3.63) is 101 Å². The second-order valence-electron chi connectivity index (χ2n) is 11.0. The molecule has 0 saturated carbocycles. The second-order valence-corrected chi connectivity index (χ2v) is 11.0. The van der Waals surface area contributed by atoms with Gasteiger partial charge in [0.2, 0.25) is 5.89 Å². The second kappa shape index (κ2) is 13.4. The largest absolute Gasteiger partial charge is 0.497 e. The SMILES string of the molecule is CCCn1nc(C)c(OCc2ccccc2)c1-c1nc(-c2c(F)c(C(=O)NCc3ccc(OC)cc3OC)n3cc(C)ncc23)co1. The van der Waals surface area contributed by atoms with E-state index in [-0.39, 0.29) is 29.4 Å². The standard InChI is InChI=1S/C35H35FN6O5/c1-6-14-42-32(33(22(3)40-42)46-19-23-10-8-7-9-11-23)35-39-26(20-47-35)29-27-17-37-21(2)18-41(27)31(30(29)36)34(43)38-16-24-12-13-25(44-4)15-28(24)45-5/h7-13,15,17-18,20H,6,14,16,19H2,1-5H3,(H,38,43). The van der Waals surface area contributed by atoms with E-state index in [0.29, 0.717) is 58.6 Å². The van der Waals surface area contributed by atoms with Gasteiger partial charge in [0, 0.05) is 30.9 Å². The molecule has 1 amide bonds. The molecule has 11 nitrogen and oxygen atoms in total. The van der Waals surface area contributed by atoms with Crippen LogP contribution in [-0.4, -0.2) is 44.3 Å². The predicted molar refractivity (Wildman–Crippen MR) is 173 cm³/mol. The Morgan fingerprint density at radius 1 is 1.09 bits per heavy atom. The highest BCUT2D eigenvalue weighted by atomic mass is 19.1. The van der Waals surface area contributed by atoms with E-state index in [1.807, 2.05) is 44.2 Å². The third-order valence-electron chi connectivity index (χ3n) is 7.74. The van der Waals surface area contributed by atoms with Crippen molar-refractivity contribution in [1.29, 1.82) is 0 Å². The Bertz CT molecular complexity index is 2050. The predicted octanol–water partition coefficient (Wildman–Crippen LogP) is 6.54. The van der Waals surface area contributed by atoms with E-state index in [0.717, 1.165) is 12.0 Å². The van der Waals surface area contributed by atoms with Crippen molar-refractivity contribution in [2.24, 2.45) is 0 Å². The Hall–Kier alpha value is -5.65. The first kappa shape index (κ1) is 31.3. The van der Waals surface area contributed by atoms with Crippen molar-refractivity contribution in [2.75, 3.05) is 14.2 Å². The molecule has 4 aromatic heterocycles. The summed E-state index contributed by atoms with van der Waals surface area (Å²) in [6.07, 6.45) is 5.31. The lowest BCUT2D eigenvalue weighted by atomic mass is 10.1. The number of hydrogen-bond donors (Lipinski definition) is 1. The Balaban J connectivity index is 1.36. The van der Waals surface area contributed by atoms with Crippen LogP contribution in [0.1, 0.15) is 46.3 Å². The topological polar surface area (TPSA) is 118 Å². The number of benzene rings is 2. The van der Waals surface area contributed by atoms with E-state index >= 15 is 4.39 Å². The van der Waals surface area contributed by atoms with Gasteiger partial charge in [-0.3, -0.25) is 14.5 Å². The summed E-state index contributed by atoms with van der Waals surface area (Å²) in [5.41, 5.74) is 3.99. The van der Waals surface area contributed by atoms with E-state index in [9.17, 15) is 4.79 Å². The molecule has 242 valence electrons. The molecule has 47 heavy (non-hydrogen) atoms. The number of carbonyl (C=O) groups is 1. The number of fused-ring (bicyclic) bond motifs is 1. The van der Waals surface area contributed by atoms with E-state index < -0.39 is 11.7 Å². The van der Waals surface area contributed by atoms with Gasteiger partial charge in [0.05, 0.1) is 37.2 Å². The first-order valence-corrected chi connectivity index (χ1v) is 15.2. The summed E-state index contributed by atoms with van der Waals surface area (Å²) >= 11 is 0. The highest BCUT2D eigenvalue weighted by molar-refractivity contribution is 5.98. The molecule has 0 aliphatic heterocycles. The summed E-state index contributed by atoms with van der Waals surface area (Å²) in [5.74, 6) is 0.519. The van der Waals surface area contributed by atoms with E-state index in [1.54, 1.807) is 43.1 Å². The van der Waals surface area contributed by atoms with Gasteiger partial charge in [0.15, 0.2) is 17.3 Å². The summed E-state index contributed by atoms with van der Waals surface area (Å²) in [6, 6.07) is 15.1. The average Bonchev–Trinajstić information content (AvgIpc) is 3.75. The maximum atomic E-state index is 16.5. The number of carbonyl (C=O) groups excluding carboxylic acids is 1. The lowest BCUT2D eigenvalue weighted by Gasteiger charge is -2.11. The number of ether oxygens (including phenoxy) is 3. The third-order valence-corrected chi connectivity index (χ3v) is 7.74. The van der Waals surface area contributed by atoms with Crippen molar-refractivity contribution in [3.8, 4) is 40.1 Å². The highest BCUT2D eigenvalue weighted by Crippen LogP contribution is 2.38. The molecule has 6 rings (SSSR count). The first-order chi connectivity index (χ1) is 22.8. The Kier molecular flexibility index (Phi) is 8.92. The molecule has 1 N–H and O–H groups in total. The smallest absolute Gasteiger partial charge is 0.271 e. The number of rotatable bonds is 12. The molecule has 0 radical (unpaired) electrons. The van der Waals surface area contributed by atoms with Gasteiger partial charge >= 0.3 is 0 Å². The van der Waals surface area contributed by atoms with Crippen LogP contribution in [0.3, 0.4) is 0 Å². The summed E-state index contributed by atoms with van der Waals surface area (Å²) in [5, 5.41) is 7.50. The van der Waals surface area contributed by atoms with Crippen LogP contribution in [0.15, 0.2) is 71.6 Å². The lowest BCUT2D eigenvalue weighted by molar-refractivity contribution is 0.0940. The van der Waals surface area contributed by atoms with E-state index in [4.69, 9.17) is 23.6 Å². The number of nitrogens with zero attached hydrogens (tertiary/aromatic N) is 5. The summed E-state index contributed by atoms with van der Waals surface area (Å²) < 4.78 is 42.7. The Labute approximate surface area is 270 Å². The number of nitrogens with one attached hydrogen (secondary N) is 1. The molecule has 6 aromatic rings. The van der Waals surface area contributed by atoms with Gasteiger partial charge in [-0.2, -0.15) is 5.10 Å². The molecule has 0 saturated heterocycles. The average molecular weight is 639 g/mol. The fourth-order valence-electron chi connectivity index (χ4n) is 5.48. The number of methoxy groups -OCH3 is 2. The monoisotopic (exact) mass is 638 g/mol. The number of amides is 1. The van der Waals surface area contributed by atoms with Gasteiger partial charge < -0.3 is 28.3 Å². The lowest BCUT2D eigenvalue weighted by Crippen LogP contribution is -2.25. The number of halogens is 1. The summed E-state index contributed by atoms with van der Waals surface area (Å²) in [6.45, 7) is 6.69. The molecule has 0 aliphatic rings. The zero-order valence-corrected chi connectivity index (χ0v) is 26.8. The Morgan fingerprint density at radius 2 is 1.89 bits per heavy atom. The molecule has 0 aliphatic carbocycles. The minimum Gasteiger partial charge on any atom is -0.497 e. The molecule has 0 bridgehead atoms. The molecular weight excluding hydrogens is 603 g/mol. The maximum Gasteiger partial charge on any atom is 0.271 e. The normalized spacial score (nSPS) is 11.2. The highest BCUT2D eigenvalue weighted by Gasteiger charge is 2.29. The number of hydrogen-bond acceptors (Lipinski definition) is 8. The number of oxazole rings is 1. The van der Waals surface area contributed by atoms with Gasteiger partial charge in [0.1, 0.15) is 41.5 Å². The fourth-order valence-corrected chi connectivity index (χ4v) is 5.48. The number of aryl methyl sites for hydroxylation is 3. The number of aromatic nitrogens is 5. The van der Waals surface area contributed by atoms with Gasteiger partial charge in [-0.15, -0.1) is 0 Å². The third kappa shape index (κ3) is 6.14. The van der Waals surface area contributed by atoms with Crippen molar-refractivity contribution in [1.82, 2.24) is 29.5 Å². The van der Waals surface area contributed by atoms with Crippen LogP contribution in [-0.2, 0) is 19.7 Å². The van der Waals surface area contributed by atoms with Crippen LogP contribution in [0.25, 0.3) is 28.4 Å². The molecule has 0 fully saturated rings. The van der Waals surface area contributed by atoms with E-state index in [1.165, 1.54) is 24.0 Å². The molecule has 0 atom stereocenters. The molecule has 12 heteroatoms. The van der Waals surface area contributed by atoms with Gasteiger partial charge in [-0.05, 0) is 38.0 Å². The van der Waals surface area contributed by atoms with Crippen LogP contribution >= 0.6 is 0 Å². The minimum atomic E-state index is -0.754. The zero-order chi connectivity index (χ0) is 33.1. The van der Waals surface area contributed by atoms with Gasteiger partial charge in [-0.1, -0.05) is 37.3 Å². The van der Waals surface area contributed by atoms with E-state index in [2.05, 4.69) is 15.4 Å². The molecule has 2 aromatic carbocycles. The van der Waals surface area contributed by atoms with Crippen LogP contribution in [0.2, 0.25) is 0 Å². The Morgan fingerprint density at radius 3 is 2.64 bits per heavy atom.